The predicted octanol–water partition coefficient (Wildman–Crippen LogP) is 3.53. The number of ketones is 2. The van der Waals surface area contributed by atoms with E-state index in [1.807, 2.05) is 11.4 Å². The van der Waals surface area contributed by atoms with Crippen molar-refractivity contribution < 1.29 is 14.4 Å². The lowest BCUT2D eigenvalue weighted by atomic mass is 10.00. The van der Waals surface area contributed by atoms with E-state index in [9.17, 15) is 14.4 Å². The highest BCUT2D eigenvalue weighted by atomic mass is 32.1. The van der Waals surface area contributed by atoms with Crippen LogP contribution in [0.15, 0.2) is 60.1 Å². The van der Waals surface area contributed by atoms with Gasteiger partial charge in [0.2, 0.25) is 11.6 Å². The molecular formula is C19H12N2O3S. The molecule has 1 aliphatic rings. The Balaban J connectivity index is 1.74. The number of anilines is 1. The van der Waals surface area contributed by atoms with Gasteiger partial charge in [-0.3, -0.25) is 14.4 Å². The molecule has 2 N–H and O–H groups in total. The molecule has 4 rings (SSSR count). The second-order valence-corrected chi connectivity index (χ2v) is 6.47. The third kappa shape index (κ3) is 2.72. The van der Waals surface area contributed by atoms with Crippen LogP contribution in [0.2, 0.25) is 0 Å². The van der Waals surface area contributed by atoms with Crippen molar-refractivity contribution in [3.8, 4) is 0 Å². The van der Waals surface area contributed by atoms with Crippen LogP contribution in [-0.4, -0.2) is 22.5 Å². The summed E-state index contributed by atoms with van der Waals surface area (Å²) in [5.41, 5.74) is 2.30. The normalized spacial score (nSPS) is 14.4. The lowest BCUT2D eigenvalue weighted by molar-refractivity contribution is -0.110. The number of rotatable bonds is 4. The van der Waals surface area contributed by atoms with Crippen molar-refractivity contribution in [2.75, 3.05) is 5.32 Å². The van der Waals surface area contributed by atoms with Crippen LogP contribution in [0.4, 0.5) is 5.69 Å². The van der Waals surface area contributed by atoms with Crippen LogP contribution in [0.3, 0.4) is 0 Å². The number of hydrogen-bond acceptors (Lipinski definition) is 4. The van der Waals surface area contributed by atoms with E-state index in [-0.39, 0.29) is 23.0 Å². The van der Waals surface area contributed by atoms with Gasteiger partial charge in [-0.25, -0.2) is 0 Å². The van der Waals surface area contributed by atoms with Gasteiger partial charge in [0.05, 0.1) is 16.1 Å². The standard InChI is InChI=1S/C19H12N2O3S/c22-16(15-3-1-7-20-15)10-13-12-9-11(5-6-14(12)21-19(13)24)18(23)17-4-2-8-25-17/h1-10,20H,(H,21,24)/b13-10+. The summed E-state index contributed by atoms with van der Waals surface area (Å²) in [6.45, 7) is 0. The van der Waals surface area contributed by atoms with Crippen LogP contribution >= 0.6 is 11.3 Å². The number of carbonyl (C=O) groups excluding carboxylic acids is 3. The number of aromatic amines is 1. The molecule has 6 heteroatoms. The fourth-order valence-corrected chi connectivity index (χ4v) is 3.40. The summed E-state index contributed by atoms with van der Waals surface area (Å²) in [5, 5.41) is 4.56. The summed E-state index contributed by atoms with van der Waals surface area (Å²) >= 11 is 1.36. The maximum atomic E-state index is 12.5. The molecular weight excluding hydrogens is 336 g/mol. The zero-order chi connectivity index (χ0) is 17.4. The lowest BCUT2D eigenvalue weighted by Crippen LogP contribution is -2.06. The first-order chi connectivity index (χ1) is 12.1. The van der Waals surface area contributed by atoms with Crippen molar-refractivity contribution in [3.05, 3.63) is 81.8 Å². The van der Waals surface area contributed by atoms with E-state index in [1.54, 1.807) is 42.6 Å². The quantitative estimate of drug-likeness (QED) is 0.559. The summed E-state index contributed by atoms with van der Waals surface area (Å²) < 4.78 is 0. The molecule has 2 aromatic heterocycles. The molecule has 1 amide bonds. The largest absolute Gasteiger partial charge is 0.359 e. The Hall–Kier alpha value is -3.25. The van der Waals surface area contributed by atoms with E-state index in [2.05, 4.69) is 10.3 Å². The minimum absolute atomic E-state index is 0.104. The zero-order valence-electron chi connectivity index (χ0n) is 12.9. The van der Waals surface area contributed by atoms with Gasteiger partial charge in [0.1, 0.15) is 0 Å². The number of benzene rings is 1. The van der Waals surface area contributed by atoms with E-state index < -0.39 is 0 Å². The lowest BCUT2D eigenvalue weighted by Gasteiger charge is -2.03. The van der Waals surface area contributed by atoms with Gasteiger partial charge in [-0.15, -0.1) is 11.3 Å². The van der Waals surface area contributed by atoms with Gasteiger partial charge in [0.25, 0.3) is 5.91 Å². The highest BCUT2D eigenvalue weighted by molar-refractivity contribution is 7.12. The van der Waals surface area contributed by atoms with Gasteiger partial charge < -0.3 is 10.3 Å². The van der Waals surface area contributed by atoms with Crippen LogP contribution in [0.1, 0.15) is 31.3 Å². The second kappa shape index (κ2) is 5.99. The first kappa shape index (κ1) is 15.3. The molecule has 0 unspecified atom stereocenters. The van der Waals surface area contributed by atoms with Crippen LogP contribution < -0.4 is 5.32 Å². The number of hydrogen-bond donors (Lipinski definition) is 2. The van der Waals surface area contributed by atoms with Crippen molar-refractivity contribution in [1.29, 1.82) is 0 Å². The molecule has 0 bridgehead atoms. The van der Waals surface area contributed by atoms with Crippen molar-refractivity contribution >= 4 is 40.1 Å². The minimum atomic E-state index is -0.351. The van der Waals surface area contributed by atoms with E-state index >= 15 is 0 Å². The van der Waals surface area contributed by atoms with Gasteiger partial charge >= 0.3 is 0 Å². The summed E-state index contributed by atoms with van der Waals surface area (Å²) in [6.07, 6.45) is 2.94. The SMILES string of the molecule is O=C1Nc2ccc(C(=O)c3cccs3)cc2/C1=C\C(=O)c1ccc[nH]1. The topological polar surface area (TPSA) is 79.0 Å². The Bertz CT molecular complexity index is 1020. The molecule has 1 aliphatic heterocycles. The van der Waals surface area contributed by atoms with Crippen molar-refractivity contribution in [2.24, 2.45) is 0 Å². The number of amides is 1. The minimum Gasteiger partial charge on any atom is -0.359 e. The zero-order valence-corrected chi connectivity index (χ0v) is 13.7. The molecule has 0 saturated carbocycles. The number of carbonyl (C=O) groups is 3. The van der Waals surface area contributed by atoms with Crippen molar-refractivity contribution in [1.82, 2.24) is 4.98 Å². The molecule has 3 heterocycles. The number of fused-ring (bicyclic) bond motifs is 1. The molecule has 122 valence electrons. The first-order valence-corrected chi connectivity index (χ1v) is 8.45. The van der Waals surface area contributed by atoms with Crippen molar-refractivity contribution in [2.45, 2.75) is 0 Å². The second-order valence-electron chi connectivity index (χ2n) is 5.53. The molecule has 5 nitrogen and oxygen atoms in total. The Kier molecular flexibility index (Phi) is 3.66. The van der Waals surface area contributed by atoms with E-state index in [0.29, 0.717) is 27.4 Å². The van der Waals surface area contributed by atoms with Gasteiger partial charge in [0, 0.05) is 29.1 Å². The van der Waals surface area contributed by atoms with Gasteiger partial charge in [-0.1, -0.05) is 6.07 Å². The van der Waals surface area contributed by atoms with Gasteiger partial charge in [0.15, 0.2) is 0 Å². The molecule has 1 aromatic carbocycles. The van der Waals surface area contributed by atoms with Crippen LogP contribution in [-0.2, 0) is 4.79 Å². The molecule has 3 aromatic rings. The highest BCUT2D eigenvalue weighted by Crippen LogP contribution is 2.33. The fourth-order valence-electron chi connectivity index (χ4n) is 2.72. The summed E-state index contributed by atoms with van der Waals surface area (Å²) in [6, 6.07) is 12.0. The average Bonchev–Trinajstić information content (AvgIpc) is 3.36. The Morgan fingerprint density at radius 2 is 1.96 bits per heavy atom. The average molecular weight is 348 g/mol. The fraction of sp³-hybridized carbons (Fsp3) is 0. The van der Waals surface area contributed by atoms with Crippen LogP contribution in [0.25, 0.3) is 5.57 Å². The molecule has 0 radical (unpaired) electrons. The van der Waals surface area contributed by atoms with Crippen LogP contribution in [0, 0.1) is 0 Å². The van der Waals surface area contributed by atoms with E-state index in [1.165, 1.54) is 17.4 Å². The summed E-state index contributed by atoms with van der Waals surface area (Å²) in [5.74, 6) is -0.749. The summed E-state index contributed by atoms with van der Waals surface area (Å²) in [4.78, 5) is 40.5. The van der Waals surface area contributed by atoms with E-state index in [4.69, 9.17) is 0 Å². The number of thiophene rings is 1. The number of nitrogens with one attached hydrogen (secondary N) is 2. The van der Waals surface area contributed by atoms with Crippen molar-refractivity contribution in [3.63, 3.8) is 0 Å². The number of allylic oxidation sites excluding steroid dienone is 1. The third-order valence-electron chi connectivity index (χ3n) is 3.95. The number of aromatic nitrogens is 1. The van der Waals surface area contributed by atoms with Gasteiger partial charge in [-0.2, -0.15) is 0 Å². The molecule has 25 heavy (non-hydrogen) atoms. The Labute approximate surface area is 147 Å². The Morgan fingerprint density at radius 1 is 1.08 bits per heavy atom. The highest BCUT2D eigenvalue weighted by Gasteiger charge is 2.26. The smallest absolute Gasteiger partial charge is 0.256 e. The molecule has 0 atom stereocenters. The van der Waals surface area contributed by atoms with E-state index in [0.717, 1.165) is 0 Å². The maximum absolute atomic E-state index is 12.5. The third-order valence-corrected chi connectivity index (χ3v) is 4.82. The molecule has 0 spiro atoms. The molecule has 0 fully saturated rings. The van der Waals surface area contributed by atoms with Crippen LogP contribution in [0.5, 0.6) is 0 Å². The Morgan fingerprint density at radius 3 is 2.68 bits per heavy atom. The first-order valence-electron chi connectivity index (χ1n) is 7.57. The monoisotopic (exact) mass is 348 g/mol. The van der Waals surface area contributed by atoms with Gasteiger partial charge in [-0.05, 0) is 41.8 Å². The maximum Gasteiger partial charge on any atom is 0.256 e. The summed E-state index contributed by atoms with van der Waals surface area (Å²) in [7, 11) is 0. The molecule has 0 saturated heterocycles. The molecule has 0 aliphatic carbocycles. The number of H-pyrrole nitrogens is 1. The predicted molar refractivity (Wildman–Crippen MR) is 95.9 cm³/mol.